The fourth-order valence-electron chi connectivity index (χ4n) is 1.17. The predicted molar refractivity (Wildman–Crippen MR) is 59.9 cm³/mol. The summed E-state index contributed by atoms with van der Waals surface area (Å²) in [6.07, 6.45) is 0. The number of sulfonamides is 1. The Morgan fingerprint density at radius 2 is 1.71 bits per heavy atom. The van der Waals surface area contributed by atoms with Gasteiger partial charge in [0.2, 0.25) is 10.0 Å². The first-order valence-corrected chi connectivity index (χ1v) is 7.03. The Bertz CT molecular complexity index is 498. The Morgan fingerprint density at radius 3 is 2.12 bits per heavy atom. The Morgan fingerprint density at radius 1 is 1.24 bits per heavy atom. The third kappa shape index (κ3) is 2.99. The average molecular weight is 332 g/mol. The van der Waals surface area contributed by atoms with Crippen LogP contribution in [0.1, 0.15) is 0 Å². The van der Waals surface area contributed by atoms with Gasteiger partial charge in [-0.15, -0.1) is 0 Å². The van der Waals surface area contributed by atoms with Gasteiger partial charge in [0.05, 0.1) is 0 Å². The van der Waals surface area contributed by atoms with Gasteiger partial charge in [-0.1, -0.05) is 15.9 Å². The summed E-state index contributed by atoms with van der Waals surface area (Å²) in [4.78, 5) is -1.14. The third-order valence-corrected chi connectivity index (χ3v) is 4.29. The van der Waals surface area contributed by atoms with Gasteiger partial charge in [0.15, 0.2) is 4.90 Å². The quantitative estimate of drug-likeness (QED) is 0.792. The molecule has 17 heavy (non-hydrogen) atoms. The van der Waals surface area contributed by atoms with Crippen LogP contribution in [0.3, 0.4) is 0 Å². The normalized spacial score (nSPS) is 12.1. The molecule has 0 aromatic heterocycles. The second-order valence-corrected chi connectivity index (χ2v) is 5.99. The van der Waals surface area contributed by atoms with Gasteiger partial charge in [-0.25, -0.2) is 21.6 Å². The summed E-state index contributed by atoms with van der Waals surface area (Å²) in [6.45, 7) is 0.0403. The van der Waals surface area contributed by atoms with E-state index in [-0.39, 0.29) is 6.54 Å². The number of hydrogen-bond acceptors (Lipinski definition) is 2. The molecule has 0 unspecified atom stereocenters. The fraction of sp³-hybridized carbons (Fsp3) is 0.333. The maximum atomic E-state index is 13.3. The van der Waals surface area contributed by atoms with E-state index in [0.717, 1.165) is 4.31 Å². The van der Waals surface area contributed by atoms with E-state index in [4.69, 9.17) is 0 Å². The topological polar surface area (TPSA) is 37.4 Å². The molecule has 0 radical (unpaired) electrons. The minimum atomic E-state index is -4.29. The number of hydrogen-bond donors (Lipinski definition) is 0. The first kappa shape index (κ1) is 14.5. The molecule has 0 bridgehead atoms. The van der Waals surface area contributed by atoms with E-state index in [1.807, 2.05) is 0 Å². The second-order valence-electron chi connectivity index (χ2n) is 3.21. The molecule has 0 heterocycles. The highest BCUT2D eigenvalue weighted by atomic mass is 79.9. The maximum absolute atomic E-state index is 13.3. The molecule has 0 spiro atoms. The Hall–Kier alpha value is -0.600. The van der Waals surface area contributed by atoms with Crippen molar-refractivity contribution in [2.75, 3.05) is 18.9 Å². The number of alkyl halides is 1. The van der Waals surface area contributed by atoms with Crippen LogP contribution < -0.4 is 0 Å². The van der Waals surface area contributed by atoms with Crippen LogP contribution in [0, 0.1) is 17.5 Å². The minimum Gasteiger partial charge on any atom is -0.207 e. The molecule has 0 fully saturated rings. The van der Waals surface area contributed by atoms with Gasteiger partial charge in [0, 0.05) is 31.1 Å². The summed E-state index contributed by atoms with van der Waals surface area (Å²) in [6, 6.07) is 0.663. The van der Waals surface area contributed by atoms with Gasteiger partial charge in [0.1, 0.15) is 17.5 Å². The van der Waals surface area contributed by atoms with Crippen molar-refractivity contribution in [2.45, 2.75) is 4.90 Å². The van der Waals surface area contributed by atoms with Gasteiger partial charge >= 0.3 is 0 Å². The van der Waals surface area contributed by atoms with Gasteiger partial charge in [-0.05, 0) is 0 Å². The maximum Gasteiger partial charge on any atom is 0.248 e. The van der Waals surface area contributed by atoms with Crippen LogP contribution in [-0.2, 0) is 10.0 Å². The second kappa shape index (κ2) is 5.36. The van der Waals surface area contributed by atoms with Gasteiger partial charge in [0.25, 0.3) is 0 Å². The summed E-state index contributed by atoms with van der Waals surface area (Å²) in [5.74, 6) is -4.05. The van der Waals surface area contributed by atoms with Crippen molar-refractivity contribution in [1.82, 2.24) is 4.31 Å². The van der Waals surface area contributed by atoms with Crippen LogP contribution in [0.5, 0.6) is 0 Å². The fourth-order valence-corrected chi connectivity index (χ4v) is 3.19. The zero-order valence-corrected chi connectivity index (χ0v) is 11.2. The van der Waals surface area contributed by atoms with Crippen molar-refractivity contribution < 1.29 is 21.6 Å². The Labute approximate surface area is 105 Å². The molecule has 0 aliphatic heterocycles. The van der Waals surface area contributed by atoms with Gasteiger partial charge in [-0.3, -0.25) is 0 Å². The van der Waals surface area contributed by atoms with Crippen molar-refractivity contribution in [3.63, 3.8) is 0 Å². The van der Waals surface area contributed by atoms with E-state index < -0.39 is 32.4 Å². The summed E-state index contributed by atoms with van der Waals surface area (Å²) in [7, 11) is -3.11. The van der Waals surface area contributed by atoms with Gasteiger partial charge in [-0.2, -0.15) is 4.31 Å². The monoisotopic (exact) mass is 331 g/mol. The van der Waals surface area contributed by atoms with Crippen LogP contribution in [0.15, 0.2) is 17.0 Å². The molecule has 1 aromatic rings. The van der Waals surface area contributed by atoms with E-state index in [0.29, 0.717) is 17.5 Å². The van der Waals surface area contributed by atoms with Crippen molar-refractivity contribution in [3.8, 4) is 0 Å². The molecular weight excluding hydrogens is 323 g/mol. The predicted octanol–water partition coefficient (Wildman–Crippen LogP) is 2.12. The van der Waals surface area contributed by atoms with Crippen molar-refractivity contribution in [1.29, 1.82) is 0 Å². The smallest absolute Gasteiger partial charge is 0.207 e. The molecule has 0 N–H and O–H groups in total. The average Bonchev–Trinajstić information content (AvgIpc) is 2.15. The van der Waals surface area contributed by atoms with Crippen LogP contribution in [-0.4, -0.2) is 31.6 Å². The number of rotatable bonds is 4. The Balaban J connectivity index is 3.34. The molecule has 0 aliphatic carbocycles. The standard InChI is InChI=1S/C9H9BrF3NO2S/c1-14(3-2-10)17(15,16)9-7(12)4-6(11)5-8(9)13/h4-5H,2-3H2,1H3. The molecule has 1 aromatic carbocycles. The minimum absolute atomic E-state index is 0.0403. The zero-order chi connectivity index (χ0) is 13.2. The van der Waals surface area contributed by atoms with Crippen LogP contribution in [0.4, 0.5) is 13.2 Å². The summed E-state index contributed by atoms with van der Waals surface area (Å²) < 4.78 is 63.6. The van der Waals surface area contributed by atoms with E-state index >= 15 is 0 Å². The molecule has 8 heteroatoms. The van der Waals surface area contributed by atoms with E-state index in [1.165, 1.54) is 7.05 Å². The van der Waals surface area contributed by atoms with Crippen molar-refractivity contribution in [2.24, 2.45) is 0 Å². The number of nitrogens with zero attached hydrogens (tertiary/aromatic N) is 1. The zero-order valence-electron chi connectivity index (χ0n) is 8.75. The number of benzene rings is 1. The lowest BCUT2D eigenvalue weighted by atomic mass is 10.3. The largest absolute Gasteiger partial charge is 0.248 e. The van der Waals surface area contributed by atoms with Crippen LogP contribution in [0.2, 0.25) is 0 Å². The molecule has 3 nitrogen and oxygen atoms in total. The lowest BCUT2D eigenvalue weighted by Crippen LogP contribution is -2.30. The SMILES string of the molecule is CN(CCBr)S(=O)(=O)c1c(F)cc(F)cc1F. The third-order valence-electron chi connectivity index (χ3n) is 2.03. The highest BCUT2D eigenvalue weighted by Crippen LogP contribution is 2.22. The molecule has 1 rings (SSSR count). The molecule has 96 valence electrons. The Kier molecular flexibility index (Phi) is 4.56. The van der Waals surface area contributed by atoms with Gasteiger partial charge < -0.3 is 0 Å². The summed E-state index contributed by atoms with van der Waals surface area (Å²) in [5, 5.41) is 0.313. The van der Waals surface area contributed by atoms with Crippen LogP contribution in [0.25, 0.3) is 0 Å². The number of halogens is 4. The van der Waals surface area contributed by atoms with Crippen molar-refractivity contribution in [3.05, 3.63) is 29.6 Å². The highest BCUT2D eigenvalue weighted by molar-refractivity contribution is 9.09. The van der Waals surface area contributed by atoms with E-state index in [9.17, 15) is 21.6 Å². The van der Waals surface area contributed by atoms with E-state index in [1.54, 1.807) is 0 Å². The highest BCUT2D eigenvalue weighted by Gasteiger charge is 2.28. The summed E-state index contributed by atoms with van der Waals surface area (Å²) in [5.41, 5.74) is 0. The molecule has 0 saturated carbocycles. The van der Waals surface area contributed by atoms with E-state index in [2.05, 4.69) is 15.9 Å². The van der Waals surface area contributed by atoms with Crippen LogP contribution >= 0.6 is 15.9 Å². The lowest BCUT2D eigenvalue weighted by molar-refractivity contribution is 0.458. The molecule has 0 amide bonds. The molecule has 0 aliphatic rings. The molecule has 0 atom stereocenters. The first-order chi connectivity index (χ1) is 7.80. The first-order valence-electron chi connectivity index (χ1n) is 4.47. The van der Waals surface area contributed by atoms with Crippen molar-refractivity contribution >= 4 is 26.0 Å². The summed E-state index contributed by atoms with van der Waals surface area (Å²) >= 11 is 3.01. The lowest BCUT2D eigenvalue weighted by Gasteiger charge is -2.16. The molecular formula is C9H9BrF3NO2S. The molecule has 0 saturated heterocycles.